The molecule has 0 saturated carbocycles. The molecule has 0 bridgehead atoms. The summed E-state index contributed by atoms with van der Waals surface area (Å²) < 4.78 is 37.0. The van der Waals surface area contributed by atoms with Gasteiger partial charge in [0, 0.05) is 25.2 Å². The monoisotopic (exact) mass is 419 g/mol. The number of alkyl halides is 3. The van der Waals surface area contributed by atoms with Crippen LogP contribution in [0, 0.1) is 0 Å². The van der Waals surface area contributed by atoms with E-state index in [0.29, 0.717) is 0 Å². The minimum absolute atomic E-state index is 0.148. The van der Waals surface area contributed by atoms with E-state index < -0.39 is 36.3 Å². The van der Waals surface area contributed by atoms with E-state index in [2.05, 4.69) is 5.32 Å². The number of halogens is 3. The Morgan fingerprint density at radius 2 is 1.47 bits per heavy atom. The molecule has 1 heterocycles. The summed E-state index contributed by atoms with van der Waals surface area (Å²) in [5, 5.41) is 4.27. The average Bonchev–Trinajstić information content (AvgIpc) is 2.95. The third-order valence-electron chi connectivity index (χ3n) is 4.43. The van der Waals surface area contributed by atoms with Gasteiger partial charge in [-0.3, -0.25) is 24.1 Å². The summed E-state index contributed by atoms with van der Waals surface area (Å²) in [6.45, 7) is -0.585. The highest BCUT2D eigenvalue weighted by Gasteiger charge is 2.38. The number of hydrogen-bond acceptors (Lipinski definition) is 4. The highest BCUT2D eigenvalue weighted by atomic mass is 19.4. The van der Waals surface area contributed by atoms with Crippen LogP contribution in [0.5, 0.6) is 0 Å². The van der Waals surface area contributed by atoms with Crippen LogP contribution in [-0.4, -0.2) is 41.2 Å². The van der Waals surface area contributed by atoms with Crippen molar-refractivity contribution < 1.29 is 32.3 Å². The fraction of sp³-hybridized carbons (Fsp3) is 0.200. The van der Waals surface area contributed by atoms with Gasteiger partial charge in [-0.25, -0.2) is 0 Å². The second-order valence-corrected chi connectivity index (χ2v) is 6.44. The summed E-state index contributed by atoms with van der Waals surface area (Å²) in [4.78, 5) is 48.8. The van der Waals surface area contributed by atoms with Crippen molar-refractivity contribution in [3.63, 3.8) is 0 Å². The second-order valence-electron chi connectivity index (χ2n) is 6.44. The first kappa shape index (κ1) is 21.0. The molecular weight excluding hydrogens is 403 g/mol. The summed E-state index contributed by atoms with van der Waals surface area (Å²) in [7, 11) is 0. The van der Waals surface area contributed by atoms with Gasteiger partial charge in [-0.2, -0.15) is 13.2 Å². The molecule has 1 aliphatic rings. The number of fused-ring (bicyclic) bond motifs is 1. The molecule has 0 aromatic heterocycles. The molecule has 2 aromatic carbocycles. The van der Waals surface area contributed by atoms with Gasteiger partial charge >= 0.3 is 12.1 Å². The van der Waals surface area contributed by atoms with Crippen LogP contribution in [0.4, 0.5) is 18.9 Å². The number of imide groups is 1. The Labute approximate surface area is 168 Å². The Morgan fingerprint density at radius 1 is 0.900 bits per heavy atom. The van der Waals surface area contributed by atoms with Gasteiger partial charge in [-0.15, -0.1) is 0 Å². The Morgan fingerprint density at radius 3 is 2.07 bits per heavy atom. The lowest BCUT2D eigenvalue weighted by atomic mass is 10.1. The third kappa shape index (κ3) is 4.48. The van der Waals surface area contributed by atoms with Crippen molar-refractivity contribution in [1.29, 1.82) is 0 Å². The minimum Gasteiger partial charge on any atom is -0.344 e. The van der Waals surface area contributed by atoms with Gasteiger partial charge < -0.3 is 10.6 Å². The van der Waals surface area contributed by atoms with Crippen LogP contribution >= 0.6 is 0 Å². The molecule has 10 heteroatoms. The lowest BCUT2D eigenvalue weighted by Crippen LogP contribution is -2.36. The number of amides is 4. The van der Waals surface area contributed by atoms with Gasteiger partial charge in [0.05, 0.1) is 11.1 Å². The Kier molecular flexibility index (Phi) is 5.86. The smallest absolute Gasteiger partial charge is 0.344 e. The highest BCUT2D eigenvalue weighted by molar-refractivity contribution is 6.21. The van der Waals surface area contributed by atoms with Crippen LogP contribution in [0.3, 0.4) is 0 Å². The SMILES string of the molecule is O=C(CCN1C(=O)c2ccccc2C1=O)Nc1ccccc1CNC(=O)C(F)(F)F. The van der Waals surface area contributed by atoms with Gasteiger partial charge in [0.2, 0.25) is 5.91 Å². The van der Waals surface area contributed by atoms with E-state index in [0.717, 1.165) is 4.90 Å². The van der Waals surface area contributed by atoms with E-state index in [1.165, 1.54) is 24.3 Å². The second kappa shape index (κ2) is 8.36. The molecule has 156 valence electrons. The number of rotatable bonds is 6. The minimum atomic E-state index is -5.01. The Hall–Kier alpha value is -3.69. The zero-order valence-electron chi connectivity index (χ0n) is 15.5. The molecule has 7 nitrogen and oxygen atoms in total. The van der Waals surface area contributed by atoms with Crippen molar-refractivity contribution in [3.05, 3.63) is 65.2 Å². The van der Waals surface area contributed by atoms with Crippen LogP contribution in [0.2, 0.25) is 0 Å². The first-order valence-corrected chi connectivity index (χ1v) is 8.86. The topological polar surface area (TPSA) is 95.6 Å². The number of anilines is 1. The normalized spacial score (nSPS) is 13.2. The maximum atomic E-state index is 12.3. The number of nitrogens with one attached hydrogen (secondary N) is 2. The molecule has 0 atom stereocenters. The van der Waals surface area contributed by atoms with E-state index in [4.69, 9.17) is 0 Å². The average molecular weight is 419 g/mol. The lowest BCUT2D eigenvalue weighted by molar-refractivity contribution is -0.173. The summed E-state index contributed by atoms with van der Waals surface area (Å²) in [5.74, 6) is -3.60. The van der Waals surface area contributed by atoms with E-state index in [1.54, 1.807) is 29.6 Å². The maximum absolute atomic E-state index is 12.3. The van der Waals surface area contributed by atoms with Crippen molar-refractivity contribution >= 4 is 29.3 Å². The van der Waals surface area contributed by atoms with Crippen LogP contribution in [0.25, 0.3) is 0 Å². The molecule has 2 aromatic rings. The van der Waals surface area contributed by atoms with Gasteiger partial charge in [-0.05, 0) is 23.8 Å². The van der Waals surface area contributed by atoms with E-state index >= 15 is 0 Å². The van der Waals surface area contributed by atoms with Crippen molar-refractivity contribution in [1.82, 2.24) is 10.2 Å². The summed E-state index contributed by atoms with van der Waals surface area (Å²) in [6, 6.07) is 12.4. The van der Waals surface area contributed by atoms with Gasteiger partial charge in [0.25, 0.3) is 11.8 Å². The molecule has 30 heavy (non-hydrogen) atoms. The zero-order valence-corrected chi connectivity index (χ0v) is 15.5. The van der Waals surface area contributed by atoms with Crippen molar-refractivity contribution in [2.24, 2.45) is 0 Å². The predicted octanol–water partition coefficient (Wildman–Crippen LogP) is 2.49. The molecule has 0 aliphatic carbocycles. The number of benzene rings is 2. The van der Waals surface area contributed by atoms with Crippen LogP contribution in [0.1, 0.15) is 32.7 Å². The molecule has 2 N–H and O–H groups in total. The molecular formula is C20H16F3N3O4. The van der Waals surface area contributed by atoms with Crippen molar-refractivity contribution in [2.75, 3.05) is 11.9 Å². The number of hydrogen-bond donors (Lipinski definition) is 2. The molecule has 0 radical (unpaired) electrons. The molecule has 0 unspecified atom stereocenters. The largest absolute Gasteiger partial charge is 0.471 e. The summed E-state index contributed by atoms with van der Waals surface area (Å²) in [5.41, 5.74) is 1.03. The standard InChI is InChI=1S/C20H16F3N3O4/c21-20(22,23)19(30)24-11-12-5-1-4-8-15(12)25-16(27)9-10-26-17(28)13-6-2-3-7-14(13)18(26)29/h1-8H,9-11H2,(H,24,30)(H,25,27). The third-order valence-corrected chi connectivity index (χ3v) is 4.43. The molecule has 0 fully saturated rings. The summed E-state index contributed by atoms with van der Waals surface area (Å²) in [6.07, 6.45) is -5.21. The van der Waals surface area contributed by atoms with Crippen molar-refractivity contribution in [3.8, 4) is 0 Å². The van der Waals surface area contributed by atoms with Gasteiger partial charge in [0.1, 0.15) is 0 Å². The quantitative estimate of drug-likeness (QED) is 0.704. The molecule has 1 aliphatic heterocycles. The lowest BCUT2D eigenvalue weighted by Gasteiger charge is -2.15. The van der Waals surface area contributed by atoms with E-state index in [1.807, 2.05) is 0 Å². The first-order chi connectivity index (χ1) is 14.2. The fourth-order valence-corrected chi connectivity index (χ4v) is 2.94. The van der Waals surface area contributed by atoms with E-state index in [9.17, 15) is 32.3 Å². The number of carbonyl (C=O) groups is 4. The van der Waals surface area contributed by atoms with Gasteiger partial charge in [-0.1, -0.05) is 30.3 Å². The fourth-order valence-electron chi connectivity index (χ4n) is 2.94. The maximum Gasteiger partial charge on any atom is 0.471 e. The highest BCUT2D eigenvalue weighted by Crippen LogP contribution is 2.23. The van der Waals surface area contributed by atoms with Crippen LogP contribution < -0.4 is 10.6 Å². The molecule has 0 saturated heterocycles. The number of nitrogens with zero attached hydrogens (tertiary/aromatic N) is 1. The zero-order chi connectivity index (χ0) is 21.9. The number of carbonyl (C=O) groups excluding carboxylic acids is 4. The van der Waals surface area contributed by atoms with Crippen molar-refractivity contribution in [2.45, 2.75) is 19.1 Å². The first-order valence-electron chi connectivity index (χ1n) is 8.86. The number of para-hydroxylation sites is 1. The molecule has 0 spiro atoms. The van der Waals surface area contributed by atoms with Crippen LogP contribution in [0.15, 0.2) is 48.5 Å². The van der Waals surface area contributed by atoms with Gasteiger partial charge in [0.15, 0.2) is 0 Å². The van der Waals surface area contributed by atoms with E-state index in [-0.39, 0.29) is 35.3 Å². The molecule has 4 amide bonds. The Bertz CT molecular complexity index is 985. The molecule has 3 rings (SSSR count). The predicted molar refractivity (Wildman–Crippen MR) is 99.4 cm³/mol. The van der Waals surface area contributed by atoms with Crippen LogP contribution in [-0.2, 0) is 16.1 Å². The summed E-state index contributed by atoms with van der Waals surface area (Å²) >= 11 is 0. The Balaban J connectivity index is 1.59.